The number of anilines is 1. The Morgan fingerprint density at radius 3 is 2.68 bits per heavy atom. The summed E-state index contributed by atoms with van der Waals surface area (Å²) in [5.41, 5.74) is 0.120. The van der Waals surface area contributed by atoms with E-state index in [1.807, 2.05) is 13.8 Å². The average molecular weight is 268 g/mol. The second-order valence-corrected chi connectivity index (χ2v) is 4.05. The van der Waals surface area contributed by atoms with E-state index in [0.717, 1.165) is 0 Å². The first-order valence-electron chi connectivity index (χ1n) is 5.68. The molecule has 104 valence electrons. The SMILES string of the molecule is COc1ccc(NC(=O)COC(C)C)cc1[N+](=O)[O-]. The molecule has 0 spiro atoms. The molecule has 0 saturated carbocycles. The van der Waals surface area contributed by atoms with E-state index in [1.165, 1.54) is 25.3 Å². The first kappa shape index (κ1) is 14.9. The summed E-state index contributed by atoms with van der Waals surface area (Å²) >= 11 is 0. The molecule has 0 bridgehead atoms. The van der Waals surface area contributed by atoms with Gasteiger partial charge in [0.25, 0.3) is 0 Å². The summed E-state index contributed by atoms with van der Waals surface area (Å²) in [5.74, 6) is -0.227. The Bertz CT molecular complexity index is 473. The van der Waals surface area contributed by atoms with Gasteiger partial charge in [-0.2, -0.15) is 0 Å². The van der Waals surface area contributed by atoms with Crippen LogP contribution in [0.5, 0.6) is 5.75 Å². The fourth-order valence-corrected chi connectivity index (χ4v) is 1.35. The predicted molar refractivity (Wildman–Crippen MR) is 69.4 cm³/mol. The summed E-state index contributed by atoms with van der Waals surface area (Å²) in [7, 11) is 1.34. The van der Waals surface area contributed by atoms with E-state index in [0.29, 0.717) is 5.69 Å². The Hall–Kier alpha value is -2.15. The van der Waals surface area contributed by atoms with Gasteiger partial charge in [-0.3, -0.25) is 14.9 Å². The van der Waals surface area contributed by atoms with Crippen molar-refractivity contribution in [3.8, 4) is 5.75 Å². The number of nitro benzene ring substituents is 1. The van der Waals surface area contributed by atoms with Crippen LogP contribution in [0.25, 0.3) is 0 Å². The van der Waals surface area contributed by atoms with Crippen LogP contribution in [0.4, 0.5) is 11.4 Å². The van der Waals surface area contributed by atoms with Gasteiger partial charge >= 0.3 is 5.69 Å². The molecule has 0 aliphatic heterocycles. The van der Waals surface area contributed by atoms with E-state index in [2.05, 4.69) is 5.32 Å². The molecule has 0 aliphatic rings. The van der Waals surface area contributed by atoms with Crippen LogP contribution in [-0.2, 0) is 9.53 Å². The third-order valence-corrected chi connectivity index (χ3v) is 2.21. The van der Waals surface area contributed by atoms with Gasteiger partial charge in [-0.25, -0.2) is 0 Å². The minimum absolute atomic E-state index is 0.0593. The molecule has 7 nitrogen and oxygen atoms in total. The molecule has 1 amide bonds. The van der Waals surface area contributed by atoms with E-state index in [-0.39, 0.29) is 30.1 Å². The number of ether oxygens (including phenoxy) is 2. The van der Waals surface area contributed by atoms with E-state index >= 15 is 0 Å². The third kappa shape index (κ3) is 4.55. The summed E-state index contributed by atoms with van der Waals surface area (Å²) in [6, 6.07) is 4.20. The highest BCUT2D eigenvalue weighted by Crippen LogP contribution is 2.29. The van der Waals surface area contributed by atoms with Crippen LogP contribution in [0.15, 0.2) is 18.2 Å². The summed E-state index contributed by atoms with van der Waals surface area (Å²) in [6.45, 7) is 3.52. The topological polar surface area (TPSA) is 90.7 Å². The number of methoxy groups -OCH3 is 1. The minimum atomic E-state index is -0.570. The molecule has 1 aromatic rings. The van der Waals surface area contributed by atoms with Gasteiger partial charge in [0.15, 0.2) is 5.75 Å². The number of amides is 1. The van der Waals surface area contributed by atoms with Crippen molar-refractivity contribution in [2.75, 3.05) is 19.0 Å². The molecular formula is C12H16N2O5. The van der Waals surface area contributed by atoms with Gasteiger partial charge in [0, 0.05) is 11.8 Å². The molecule has 1 rings (SSSR count). The average Bonchev–Trinajstić information content (AvgIpc) is 2.36. The van der Waals surface area contributed by atoms with Crippen LogP contribution in [0.3, 0.4) is 0 Å². The number of nitrogens with one attached hydrogen (secondary N) is 1. The molecule has 0 fully saturated rings. The predicted octanol–water partition coefficient (Wildman–Crippen LogP) is 1.97. The van der Waals surface area contributed by atoms with Gasteiger partial charge in [-0.15, -0.1) is 0 Å². The monoisotopic (exact) mass is 268 g/mol. The molecule has 7 heteroatoms. The lowest BCUT2D eigenvalue weighted by Gasteiger charge is -2.09. The summed E-state index contributed by atoms with van der Waals surface area (Å²) in [6.07, 6.45) is -0.0593. The molecule has 19 heavy (non-hydrogen) atoms. The Labute approximate surface area is 110 Å². The molecule has 0 radical (unpaired) electrons. The molecular weight excluding hydrogens is 252 g/mol. The van der Waals surface area contributed by atoms with E-state index in [4.69, 9.17) is 9.47 Å². The second-order valence-electron chi connectivity index (χ2n) is 4.05. The van der Waals surface area contributed by atoms with E-state index < -0.39 is 4.92 Å². The number of rotatable bonds is 6. The van der Waals surface area contributed by atoms with Crippen LogP contribution >= 0.6 is 0 Å². The minimum Gasteiger partial charge on any atom is -0.490 e. The van der Waals surface area contributed by atoms with E-state index in [9.17, 15) is 14.9 Å². The van der Waals surface area contributed by atoms with Crippen molar-refractivity contribution in [1.29, 1.82) is 0 Å². The summed E-state index contributed by atoms with van der Waals surface area (Å²) in [5, 5.41) is 13.3. The van der Waals surface area contributed by atoms with Gasteiger partial charge < -0.3 is 14.8 Å². The number of carbonyl (C=O) groups excluding carboxylic acids is 1. The van der Waals surface area contributed by atoms with Crippen molar-refractivity contribution in [2.45, 2.75) is 20.0 Å². The van der Waals surface area contributed by atoms with Crippen LogP contribution in [-0.4, -0.2) is 30.7 Å². The highest BCUT2D eigenvalue weighted by atomic mass is 16.6. The first-order chi connectivity index (χ1) is 8.93. The number of hydrogen-bond donors (Lipinski definition) is 1. The zero-order valence-corrected chi connectivity index (χ0v) is 11.0. The number of hydrogen-bond acceptors (Lipinski definition) is 5. The normalized spacial score (nSPS) is 10.3. The smallest absolute Gasteiger partial charge is 0.312 e. The van der Waals surface area contributed by atoms with Gasteiger partial charge in [0.1, 0.15) is 6.61 Å². The number of benzene rings is 1. The molecule has 0 saturated heterocycles. The Morgan fingerprint density at radius 2 is 2.16 bits per heavy atom. The largest absolute Gasteiger partial charge is 0.490 e. The summed E-state index contributed by atoms with van der Waals surface area (Å²) in [4.78, 5) is 21.8. The molecule has 0 atom stereocenters. The Balaban J connectivity index is 2.77. The Kier molecular flexibility index (Phi) is 5.25. The molecule has 0 unspecified atom stereocenters. The molecule has 0 aliphatic carbocycles. The maximum atomic E-state index is 11.5. The van der Waals surface area contributed by atoms with Crippen molar-refractivity contribution < 1.29 is 19.2 Å². The number of nitrogens with zero attached hydrogens (tertiary/aromatic N) is 1. The van der Waals surface area contributed by atoms with Gasteiger partial charge in [0.05, 0.1) is 18.1 Å². The molecule has 1 N–H and O–H groups in total. The van der Waals surface area contributed by atoms with Crippen LogP contribution in [0, 0.1) is 10.1 Å². The lowest BCUT2D eigenvalue weighted by molar-refractivity contribution is -0.385. The maximum Gasteiger partial charge on any atom is 0.312 e. The van der Waals surface area contributed by atoms with Crippen molar-refractivity contribution >= 4 is 17.3 Å². The lowest BCUT2D eigenvalue weighted by atomic mass is 10.2. The quantitative estimate of drug-likeness (QED) is 0.629. The van der Waals surface area contributed by atoms with Crippen molar-refractivity contribution in [1.82, 2.24) is 0 Å². The fourth-order valence-electron chi connectivity index (χ4n) is 1.35. The fraction of sp³-hybridized carbons (Fsp3) is 0.417. The highest BCUT2D eigenvalue weighted by molar-refractivity contribution is 5.92. The maximum absolute atomic E-state index is 11.5. The third-order valence-electron chi connectivity index (χ3n) is 2.21. The van der Waals surface area contributed by atoms with Gasteiger partial charge in [0.2, 0.25) is 5.91 Å². The van der Waals surface area contributed by atoms with Gasteiger partial charge in [-0.1, -0.05) is 0 Å². The molecule has 0 aromatic heterocycles. The van der Waals surface area contributed by atoms with Crippen molar-refractivity contribution in [2.24, 2.45) is 0 Å². The molecule has 1 aromatic carbocycles. The highest BCUT2D eigenvalue weighted by Gasteiger charge is 2.16. The lowest BCUT2D eigenvalue weighted by Crippen LogP contribution is -2.20. The first-order valence-corrected chi connectivity index (χ1v) is 5.68. The second kappa shape index (κ2) is 6.69. The zero-order chi connectivity index (χ0) is 14.4. The van der Waals surface area contributed by atoms with Crippen molar-refractivity contribution in [3.63, 3.8) is 0 Å². The van der Waals surface area contributed by atoms with Gasteiger partial charge in [-0.05, 0) is 26.0 Å². The number of carbonyl (C=O) groups is 1. The van der Waals surface area contributed by atoms with Crippen LogP contribution in [0.2, 0.25) is 0 Å². The van der Waals surface area contributed by atoms with Crippen LogP contribution in [0.1, 0.15) is 13.8 Å². The Morgan fingerprint density at radius 1 is 1.47 bits per heavy atom. The van der Waals surface area contributed by atoms with Crippen molar-refractivity contribution in [3.05, 3.63) is 28.3 Å². The summed E-state index contributed by atoms with van der Waals surface area (Å²) < 4.78 is 9.99. The van der Waals surface area contributed by atoms with E-state index in [1.54, 1.807) is 0 Å². The zero-order valence-electron chi connectivity index (χ0n) is 11.0. The number of nitro groups is 1. The standard InChI is InChI=1S/C12H16N2O5/c1-8(2)19-7-12(15)13-9-4-5-11(18-3)10(6-9)14(16)17/h4-6,8H,7H2,1-3H3,(H,13,15). The molecule has 0 heterocycles. The van der Waals surface area contributed by atoms with Crippen LogP contribution < -0.4 is 10.1 Å².